The molecule has 4 heteroatoms. The fraction of sp³-hybridized carbons (Fsp3) is 0.250. The van der Waals surface area contributed by atoms with Gasteiger partial charge in [-0.2, -0.15) is 0 Å². The lowest BCUT2D eigenvalue weighted by molar-refractivity contribution is 0.464. The van der Waals surface area contributed by atoms with Crippen molar-refractivity contribution in [3.8, 4) is 0 Å². The molecule has 2 aromatic carbocycles. The normalized spacial score (nSPS) is 18.4. The second-order valence-electron chi connectivity index (χ2n) is 6.01. The SMILES string of the molecule is Cc1ccc(N=C2C(=CSc3ccc(F)cc3)CCCN2C)cc1. The number of likely N-dealkylation sites (N-methyl/N-ethyl adjacent to an activating group) is 1. The number of hydrogen-bond donors (Lipinski definition) is 0. The maximum atomic E-state index is 13.0. The van der Waals surface area contributed by atoms with Crippen molar-refractivity contribution in [3.05, 3.63) is 70.9 Å². The average Bonchev–Trinajstić information content (AvgIpc) is 2.59. The number of rotatable bonds is 3. The predicted octanol–water partition coefficient (Wildman–Crippen LogP) is 5.57. The standard InChI is InChI=1S/C20H21FN2S/c1-15-5-9-18(10-6-15)22-20-16(4-3-13-23(20)2)14-24-19-11-7-17(21)8-12-19/h5-12,14H,3-4,13H2,1-2H3. The Kier molecular flexibility index (Phi) is 5.36. The van der Waals surface area contributed by atoms with Crippen LogP contribution in [0.4, 0.5) is 10.1 Å². The molecule has 0 aliphatic carbocycles. The lowest BCUT2D eigenvalue weighted by atomic mass is 10.1. The van der Waals surface area contributed by atoms with Crippen molar-refractivity contribution in [3.63, 3.8) is 0 Å². The molecular formula is C20H21FN2S. The van der Waals surface area contributed by atoms with Gasteiger partial charge in [0.05, 0.1) is 5.69 Å². The summed E-state index contributed by atoms with van der Waals surface area (Å²) in [6, 6.07) is 14.9. The van der Waals surface area contributed by atoms with Gasteiger partial charge in [0.15, 0.2) is 0 Å². The summed E-state index contributed by atoms with van der Waals surface area (Å²) < 4.78 is 13.0. The molecule has 0 saturated carbocycles. The van der Waals surface area contributed by atoms with Gasteiger partial charge in [-0.1, -0.05) is 29.5 Å². The predicted molar refractivity (Wildman–Crippen MR) is 100 cm³/mol. The molecule has 1 fully saturated rings. The lowest BCUT2D eigenvalue weighted by Crippen LogP contribution is -2.33. The van der Waals surface area contributed by atoms with Gasteiger partial charge >= 0.3 is 0 Å². The Labute approximate surface area is 147 Å². The number of amidine groups is 1. The highest BCUT2D eigenvalue weighted by Gasteiger charge is 2.18. The smallest absolute Gasteiger partial charge is 0.132 e. The summed E-state index contributed by atoms with van der Waals surface area (Å²) in [6.45, 7) is 3.09. The molecule has 24 heavy (non-hydrogen) atoms. The average molecular weight is 340 g/mol. The molecule has 1 aliphatic heterocycles. The molecule has 0 unspecified atom stereocenters. The molecule has 0 spiro atoms. The quantitative estimate of drug-likeness (QED) is 0.679. The monoisotopic (exact) mass is 340 g/mol. The third-order valence-corrected chi connectivity index (χ3v) is 4.96. The molecule has 1 aliphatic rings. The number of piperidine rings is 1. The zero-order valence-electron chi connectivity index (χ0n) is 14.0. The third-order valence-electron chi connectivity index (χ3n) is 4.01. The van der Waals surface area contributed by atoms with Crippen LogP contribution in [0, 0.1) is 12.7 Å². The molecule has 0 radical (unpaired) electrons. The van der Waals surface area contributed by atoms with Crippen molar-refractivity contribution in [1.29, 1.82) is 0 Å². The van der Waals surface area contributed by atoms with Gasteiger partial charge < -0.3 is 4.90 Å². The van der Waals surface area contributed by atoms with Crippen molar-refractivity contribution < 1.29 is 4.39 Å². The molecular weight excluding hydrogens is 319 g/mol. The van der Waals surface area contributed by atoms with E-state index in [1.807, 2.05) is 0 Å². The summed E-state index contributed by atoms with van der Waals surface area (Å²) in [5.41, 5.74) is 3.44. The van der Waals surface area contributed by atoms with Gasteiger partial charge in [0, 0.05) is 24.1 Å². The highest BCUT2D eigenvalue weighted by molar-refractivity contribution is 8.02. The highest BCUT2D eigenvalue weighted by atomic mass is 32.2. The van der Waals surface area contributed by atoms with Gasteiger partial charge in [-0.15, -0.1) is 0 Å². The number of benzene rings is 2. The van der Waals surface area contributed by atoms with Crippen LogP contribution in [0.2, 0.25) is 0 Å². The first-order valence-electron chi connectivity index (χ1n) is 8.10. The van der Waals surface area contributed by atoms with E-state index >= 15 is 0 Å². The minimum atomic E-state index is -0.203. The van der Waals surface area contributed by atoms with Crippen LogP contribution in [0.25, 0.3) is 0 Å². The van der Waals surface area contributed by atoms with Crippen LogP contribution in [0.3, 0.4) is 0 Å². The molecule has 2 nitrogen and oxygen atoms in total. The van der Waals surface area contributed by atoms with Gasteiger partial charge in [0.1, 0.15) is 11.7 Å². The van der Waals surface area contributed by atoms with E-state index in [0.717, 1.165) is 35.8 Å². The van der Waals surface area contributed by atoms with Gasteiger partial charge in [-0.05, 0) is 61.6 Å². The molecule has 2 aromatic rings. The van der Waals surface area contributed by atoms with Crippen molar-refractivity contribution in [2.75, 3.05) is 13.6 Å². The Balaban J connectivity index is 1.84. The Morgan fingerprint density at radius 2 is 1.79 bits per heavy atom. The molecule has 0 atom stereocenters. The Bertz CT molecular complexity index is 748. The number of likely N-dealkylation sites (tertiary alicyclic amines) is 1. The number of thioether (sulfide) groups is 1. The molecule has 3 rings (SSSR count). The van der Waals surface area contributed by atoms with E-state index in [0.29, 0.717) is 0 Å². The molecule has 0 N–H and O–H groups in total. The lowest BCUT2D eigenvalue weighted by Gasteiger charge is -2.28. The van der Waals surface area contributed by atoms with E-state index in [4.69, 9.17) is 4.99 Å². The summed E-state index contributed by atoms with van der Waals surface area (Å²) in [6.07, 6.45) is 2.14. The maximum absolute atomic E-state index is 13.0. The maximum Gasteiger partial charge on any atom is 0.132 e. The van der Waals surface area contributed by atoms with E-state index < -0.39 is 0 Å². The first-order chi connectivity index (χ1) is 11.6. The number of aryl methyl sites for hydroxylation is 1. The summed E-state index contributed by atoms with van der Waals surface area (Å²) >= 11 is 1.62. The Morgan fingerprint density at radius 1 is 1.08 bits per heavy atom. The third kappa shape index (κ3) is 4.26. The van der Waals surface area contributed by atoms with E-state index in [-0.39, 0.29) is 5.82 Å². The van der Waals surface area contributed by atoms with Crippen LogP contribution in [0.15, 0.2) is 69.4 Å². The first kappa shape index (κ1) is 16.8. The van der Waals surface area contributed by atoms with Crippen LogP contribution >= 0.6 is 11.8 Å². The number of nitrogens with zero attached hydrogens (tertiary/aromatic N) is 2. The molecule has 1 heterocycles. The summed E-state index contributed by atoms with van der Waals surface area (Å²) in [4.78, 5) is 8.09. The molecule has 1 saturated heterocycles. The van der Waals surface area contributed by atoms with Crippen molar-refractivity contribution in [2.45, 2.75) is 24.7 Å². The molecule has 124 valence electrons. The second-order valence-corrected chi connectivity index (χ2v) is 6.95. The van der Waals surface area contributed by atoms with E-state index in [2.05, 4.69) is 48.5 Å². The van der Waals surface area contributed by atoms with Crippen LogP contribution in [-0.4, -0.2) is 24.3 Å². The molecule has 0 aromatic heterocycles. The summed E-state index contributed by atoms with van der Waals surface area (Å²) in [7, 11) is 2.09. The van der Waals surface area contributed by atoms with Gasteiger partial charge in [0.2, 0.25) is 0 Å². The van der Waals surface area contributed by atoms with E-state index in [1.165, 1.54) is 23.3 Å². The largest absolute Gasteiger partial charge is 0.359 e. The van der Waals surface area contributed by atoms with Crippen LogP contribution < -0.4 is 0 Å². The minimum absolute atomic E-state index is 0.203. The summed E-state index contributed by atoms with van der Waals surface area (Å²) in [5, 5.41) is 2.15. The van der Waals surface area contributed by atoms with Gasteiger partial charge in [-0.25, -0.2) is 9.38 Å². The fourth-order valence-corrected chi connectivity index (χ4v) is 3.43. The van der Waals surface area contributed by atoms with Gasteiger partial charge in [-0.3, -0.25) is 0 Å². The number of aliphatic imine (C=N–C) groups is 1. The van der Waals surface area contributed by atoms with E-state index in [9.17, 15) is 4.39 Å². The van der Waals surface area contributed by atoms with Gasteiger partial charge in [0.25, 0.3) is 0 Å². The fourth-order valence-electron chi connectivity index (χ4n) is 2.63. The summed E-state index contributed by atoms with van der Waals surface area (Å²) in [5.74, 6) is 0.825. The molecule has 0 bridgehead atoms. The minimum Gasteiger partial charge on any atom is -0.359 e. The van der Waals surface area contributed by atoms with E-state index in [1.54, 1.807) is 23.9 Å². The van der Waals surface area contributed by atoms with Crippen LogP contribution in [-0.2, 0) is 0 Å². The Hall–Kier alpha value is -2.07. The van der Waals surface area contributed by atoms with Crippen molar-refractivity contribution in [1.82, 2.24) is 4.90 Å². The molecule has 0 amide bonds. The number of halogens is 1. The first-order valence-corrected chi connectivity index (χ1v) is 8.98. The zero-order valence-corrected chi connectivity index (χ0v) is 14.8. The van der Waals surface area contributed by atoms with Crippen LogP contribution in [0.1, 0.15) is 18.4 Å². The highest BCUT2D eigenvalue weighted by Crippen LogP contribution is 2.27. The topological polar surface area (TPSA) is 15.6 Å². The van der Waals surface area contributed by atoms with Crippen LogP contribution in [0.5, 0.6) is 0 Å². The Morgan fingerprint density at radius 3 is 2.50 bits per heavy atom. The number of hydrogen-bond acceptors (Lipinski definition) is 2. The second kappa shape index (κ2) is 7.67. The van der Waals surface area contributed by atoms with Crippen molar-refractivity contribution in [2.24, 2.45) is 4.99 Å². The van der Waals surface area contributed by atoms with Crippen molar-refractivity contribution >= 4 is 23.3 Å². The zero-order chi connectivity index (χ0) is 16.9.